The summed E-state index contributed by atoms with van der Waals surface area (Å²) in [6, 6.07) is 12.6. The fraction of sp³-hybridized carbons (Fsp3) is 0.200. The van der Waals surface area contributed by atoms with Crippen molar-refractivity contribution in [2.24, 2.45) is 0 Å². The van der Waals surface area contributed by atoms with E-state index in [1.807, 2.05) is 25.1 Å². The van der Waals surface area contributed by atoms with E-state index in [0.717, 1.165) is 5.56 Å². The van der Waals surface area contributed by atoms with Crippen molar-refractivity contribution in [2.45, 2.75) is 13.0 Å². The molecule has 0 amide bonds. The number of nitrogen functional groups attached to an aromatic ring is 1. The Morgan fingerprint density at radius 1 is 1.26 bits per heavy atom. The van der Waals surface area contributed by atoms with E-state index in [2.05, 4.69) is 0 Å². The highest BCUT2D eigenvalue weighted by atomic mass is 35.5. The summed E-state index contributed by atoms with van der Waals surface area (Å²) in [4.78, 5) is 0. The van der Waals surface area contributed by atoms with Gasteiger partial charge in [-0.15, -0.1) is 0 Å². The fourth-order valence-corrected chi connectivity index (χ4v) is 1.90. The second-order valence-corrected chi connectivity index (χ2v) is 4.77. The number of aliphatic hydroxyl groups is 1. The number of halogens is 1. The van der Waals surface area contributed by atoms with Crippen molar-refractivity contribution in [3.63, 3.8) is 0 Å². The second kappa shape index (κ2) is 5.95. The molecule has 2 aromatic rings. The second-order valence-electron chi connectivity index (χ2n) is 4.37. The van der Waals surface area contributed by atoms with Crippen LogP contribution in [0.4, 0.5) is 5.69 Å². The molecular weight excluding hydrogens is 262 g/mol. The molecule has 0 aliphatic carbocycles. The van der Waals surface area contributed by atoms with Crippen molar-refractivity contribution in [1.82, 2.24) is 0 Å². The smallest absolute Gasteiger partial charge is 0.119 e. The Morgan fingerprint density at radius 2 is 2.00 bits per heavy atom. The van der Waals surface area contributed by atoms with Crippen molar-refractivity contribution in [1.29, 1.82) is 0 Å². The first-order valence-corrected chi connectivity index (χ1v) is 6.37. The number of nitrogens with two attached hydrogens (primary N) is 1. The maximum atomic E-state index is 10.1. The van der Waals surface area contributed by atoms with Crippen molar-refractivity contribution in [3.8, 4) is 5.75 Å². The van der Waals surface area contributed by atoms with Crippen molar-refractivity contribution in [3.05, 3.63) is 58.6 Å². The summed E-state index contributed by atoms with van der Waals surface area (Å²) in [5, 5.41) is 10.8. The van der Waals surface area contributed by atoms with Crippen LogP contribution in [0.1, 0.15) is 17.2 Å². The number of para-hydroxylation sites is 1. The van der Waals surface area contributed by atoms with Gasteiger partial charge in [-0.05, 0) is 36.8 Å². The average molecular weight is 278 g/mol. The van der Waals surface area contributed by atoms with E-state index in [-0.39, 0.29) is 6.61 Å². The minimum atomic E-state index is -0.753. The molecule has 19 heavy (non-hydrogen) atoms. The Morgan fingerprint density at radius 3 is 2.68 bits per heavy atom. The maximum Gasteiger partial charge on any atom is 0.119 e. The van der Waals surface area contributed by atoms with Gasteiger partial charge in [0.05, 0.1) is 0 Å². The van der Waals surface area contributed by atoms with Crippen LogP contribution in [0, 0.1) is 6.92 Å². The first kappa shape index (κ1) is 13.7. The molecule has 0 bridgehead atoms. The van der Waals surface area contributed by atoms with Crippen molar-refractivity contribution < 1.29 is 9.84 Å². The highest BCUT2D eigenvalue weighted by Gasteiger charge is 2.11. The zero-order valence-corrected chi connectivity index (χ0v) is 11.4. The summed E-state index contributed by atoms with van der Waals surface area (Å²) >= 11 is 5.94. The zero-order chi connectivity index (χ0) is 13.8. The topological polar surface area (TPSA) is 55.5 Å². The van der Waals surface area contributed by atoms with Gasteiger partial charge < -0.3 is 15.6 Å². The quantitative estimate of drug-likeness (QED) is 0.843. The lowest BCUT2D eigenvalue weighted by molar-refractivity contribution is 0.109. The van der Waals surface area contributed by atoms with Crippen molar-refractivity contribution in [2.75, 3.05) is 12.3 Å². The van der Waals surface area contributed by atoms with E-state index < -0.39 is 6.10 Å². The molecule has 1 unspecified atom stereocenters. The number of aliphatic hydroxyl groups excluding tert-OH is 1. The van der Waals surface area contributed by atoms with E-state index in [1.54, 1.807) is 24.3 Å². The Hall–Kier alpha value is -1.71. The highest BCUT2D eigenvalue weighted by molar-refractivity contribution is 6.31. The van der Waals surface area contributed by atoms with Gasteiger partial charge in [0, 0.05) is 16.3 Å². The molecule has 0 spiro atoms. The van der Waals surface area contributed by atoms with E-state index in [1.165, 1.54) is 0 Å². The minimum absolute atomic E-state index is 0.148. The third-order valence-electron chi connectivity index (χ3n) is 2.89. The predicted molar refractivity (Wildman–Crippen MR) is 77.5 cm³/mol. The lowest BCUT2D eigenvalue weighted by atomic mass is 10.1. The van der Waals surface area contributed by atoms with Crippen LogP contribution < -0.4 is 10.5 Å². The fourth-order valence-electron chi connectivity index (χ4n) is 1.79. The van der Waals surface area contributed by atoms with Crippen molar-refractivity contribution >= 4 is 17.3 Å². The molecule has 0 aliphatic rings. The molecule has 2 rings (SSSR count). The lowest BCUT2D eigenvalue weighted by Crippen LogP contribution is -2.11. The molecule has 0 heterocycles. The van der Waals surface area contributed by atoms with E-state index >= 15 is 0 Å². The van der Waals surface area contributed by atoms with Crippen LogP contribution in [-0.4, -0.2) is 11.7 Å². The Balaban J connectivity index is 2.02. The summed E-state index contributed by atoms with van der Waals surface area (Å²) < 4.78 is 5.55. The molecule has 0 aromatic heterocycles. The molecule has 3 N–H and O–H groups in total. The first-order valence-electron chi connectivity index (χ1n) is 5.99. The Bertz CT molecular complexity index is 572. The molecule has 4 heteroatoms. The van der Waals surface area contributed by atoms with E-state index in [0.29, 0.717) is 22.0 Å². The standard InChI is InChI=1S/C15H16ClNO2/c1-10-8-11(6-7-13(10)16)19-9-15(18)12-4-2-3-5-14(12)17/h2-8,15,18H,9,17H2,1H3. The predicted octanol–water partition coefficient (Wildman–Crippen LogP) is 3.34. The summed E-state index contributed by atoms with van der Waals surface area (Å²) in [5.74, 6) is 0.676. The normalized spacial score (nSPS) is 12.2. The molecule has 2 aromatic carbocycles. The van der Waals surface area contributed by atoms with Gasteiger partial charge in [-0.2, -0.15) is 0 Å². The van der Waals surface area contributed by atoms with Crippen LogP contribution in [0.3, 0.4) is 0 Å². The SMILES string of the molecule is Cc1cc(OCC(O)c2ccccc2N)ccc1Cl. The van der Waals surface area contributed by atoms with Gasteiger partial charge in [0.25, 0.3) is 0 Å². The monoisotopic (exact) mass is 277 g/mol. The number of aryl methyl sites for hydroxylation is 1. The molecule has 100 valence electrons. The summed E-state index contributed by atoms with van der Waals surface area (Å²) in [6.07, 6.45) is -0.753. The van der Waals surface area contributed by atoms with E-state index in [4.69, 9.17) is 22.1 Å². The minimum Gasteiger partial charge on any atom is -0.491 e. The van der Waals surface area contributed by atoms with Gasteiger partial charge in [-0.25, -0.2) is 0 Å². The van der Waals surface area contributed by atoms with Crippen LogP contribution in [0.2, 0.25) is 5.02 Å². The third-order valence-corrected chi connectivity index (χ3v) is 3.32. The molecule has 1 atom stereocenters. The number of benzene rings is 2. The summed E-state index contributed by atoms with van der Waals surface area (Å²) in [6.45, 7) is 2.05. The first-order chi connectivity index (χ1) is 9.08. The van der Waals surface area contributed by atoms with Crippen LogP contribution in [0.15, 0.2) is 42.5 Å². The average Bonchev–Trinajstić information content (AvgIpc) is 2.40. The Labute approximate surface area is 117 Å². The van der Waals surface area contributed by atoms with Gasteiger partial charge in [0.2, 0.25) is 0 Å². The zero-order valence-electron chi connectivity index (χ0n) is 10.6. The number of rotatable bonds is 4. The van der Waals surface area contributed by atoms with E-state index in [9.17, 15) is 5.11 Å². The third kappa shape index (κ3) is 3.40. The van der Waals surface area contributed by atoms with Gasteiger partial charge in [-0.3, -0.25) is 0 Å². The van der Waals surface area contributed by atoms with Crippen LogP contribution in [0.25, 0.3) is 0 Å². The molecule has 0 saturated carbocycles. The lowest BCUT2D eigenvalue weighted by Gasteiger charge is -2.15. The van der Waals surface area contributed by atoms with Gasteiger partial charge in [-0.1, -0.05) is 29.8 Å². The highest BCUT2D eigenvalue weighted by Crippen LogP contribution is 2.24. The van der Waals surface area contributed by atoms with Crippen LogP contribution in [0.5, 0.6) is 5.75 Å². The molecule has 0 aliphatic heterocycles. The van der Waals surface area contributed by atoms with Gasteiger partial charge >= 0.3 is 0 Å². The summed E-state index contributed by atoms with van der Waals surface area (Å²) in [7, 11) is 0. The molecule has 0 saturated heterocycles. The maximum absolute atomic E-state index is 10.1. The number of hydrogen-bond donors (Lipinski definition) is 2. The van der Waals surface area contributed by atoms with Gasteiger partial charge in [0.1, 0.15) is 18.5 Å². The van der Waals surface area contributed by atoms with Crippen LogP contribution in [-0.2, 0) is 0 Å². The van der Waals surface area contributed by atoms with Crippen LogP contribution >= 0.6 is 11.6 Å². The molecular formula is C15H16ClNO2. The molecule has 0 radical (unpaired) electrons. The largest absolute Gasteiger partial charge is 0.491 e. The number of anilines is 1. The number of hydrogen-bond acceptors (Lipinski definition) is 3. The van der Waals surface area contributed by atoms with Gasteiger partial charge in [0.15, 0.2) is 0 Å². The number of ether oxygens (including phenoxy) is 1. The molecule has 0 fully saturated rings. The molecule has 3 nitrogen and oxygen atoms in total. The summed E-state index contributed by atoms with van der Waals surface area (Å²) in [5.41, 5.74) is 7.97. The Kier molecular flexibility index (Phi) is 4.30.